The molecule has 0 aliphatic heterocycles. The summed E-state index contributed by atoms with van der Waals surface area (Å²) in [6.45, 7) is 7.40. The SMILES string of the molecule is Cc1oc(COc2ccccc2Cl)cc1CNC(C)C. The van der Waals surface area contributed by atoms with E-state index < -0.39 is 0 Å². The number of aryl methyl sites for hydroxylation is 1. The Hall–Kier alpha value is -1.45. The molecule has 0 radical (unpaired) electrons. The zero-order chi connectivity index (χ0) is 14.5. The zero-order valence-corrected chi connectivity index (χ0v) is 12.8. The molecule has 0 fully saturated rings. The van der Waals surface area contributed by atoms with Crippen molar-refractivity contribution in [2.45, 2.75) is 40.0 Å². The van der Waals surface area contributed by atoms with Crippen LogP contribution in [-0.4, -0.2) is 6.04 Å². The Morgan fingerprint density at radius 3 is 2.75 bits per heavy atom. The van der Waals surface area contributed by atoms with Crippen molar-refractivity contribution in [2.75, 3.05) is 0 Å². The second kappa shape index (κ2) is 6.82. The molecule has 0 saturated heterocycles. The van der Waals surface area contributed by atoms with Gasteiger partial charge in [-0.3, -0.25) is 0 Å². The van der Waals surface area contributed by atoms with Gasteiger partial charge in [-0.15, -0.1) is 0 Å². The van der Waals surface area contributed by atoms with Gasteiger partial charge in [-0.25, -0.2) is 0 Å². The summed E-state index contributed by atoms with van der Waals surface area (Å²) in [5, 5.41) is 3.99. The van der Waals surface area contributed by atoms with Gasteiger partial charge in [0.05, 0.1) is 5.02 Å². The molecular weight excluding hydrogens is 274 g/mol. The average molecular weight is 294 g/mol. The van der Waals surface area contributed by atoms with Crippen LogP contribution in [0.25, 0.3) is 0 Å². The van der Waals surface area contributed by atoms with E-state index >= 15 is 0 Å². The van der Waals surface area contributed by atoms with E-state index in [0.29, 0.717) is 23.4 Å². The molecule has 0 unspecified atom stereocenters. The van der Waals surface area contributed by atoms with Crippen molar-refractivity contribution in [3.8, 4) is 5.75 Å². The Morgan fingerprint density at radius 2 is 2.05 bits per heavy atom. The highest BCUT2D eigenvalue weighted by Gasteiger charge is 2.09. The predicted octanol–water partition coefficient (Wildman–Crippen LogP) is 4.32. The van der Waals surface area contributed by atoms with Crippen LogP contribution in [-0.2, 0) is 13.2 Å². The molecule has 20 heavy (non-hydrogen) atoms. The number of hydrogen-bond acceptors (Lipinski definition) is 3. The summed E-state index contributed by atoms with van der Waals surface area (Å²) in [7, 11) is 0. The van der Waals surface area contributed by atoms with Gasteiger partial charge in [0.1, 0.15) is 23.9 Å². The first-order valence-electron chi connectivity index (χ1n) is 6.75. The van der Waals surface area contributed by atoms with Crippen LogP contribution in [0.2, 0.25) is 5.02 Å². The van der Waals surface area contributed by atoms with E-state index in [2.05, 4.69) is 19.2 Å². The molecule has 4 heteroatoms. The summed E-state index contributed by atoms with van der Waals surface area (Å²) in [5.74, 6) is 2.41. The molecule has 1 N–H and O–H groups in total. The van der Waals surface area contributed by atoms with E-state index in [-0.39, 0.29) is 0 Å². The van der Waals surface area contributed by atoms with Gasteiger partial charge in [0, 0.05) is 18.2 Å². The number of ether oxygens (including phenoxy) is 1. The number of nitrogens with one attached hydrogen (secondary N) is 1. The molecule has 0 aliphatic carbocycles. The van der Waals surface area contributed by atoms with Crippen LogP contribution < -0.4 is 10.1 Å². The first-order chi connectivity index (χ1) is 9.56. The summed E-state index contributed by atoms with van der Waals surface area (Å²) < 4.78 is 11.4. The van der Waals surface area contributed by atoms with E-state index in [1.807, 2.05) is 37.3 Å². The van der Waals surface area contributed by atoms with Crippen LogP contribution in [0.3, 0.4) is 0 Å². The molecule has 0 saturated carbocycles. The lowest BCUT2D eigenvalue weighted by molar-refractivity contribution is 0.267. The Labute approximate surface area is 124 Å². The van der Waals surface area contributed by atoms with Crippen molar-refractivity contribution in [1.29, 1.82) is 0 Å². The number of halogens is 1. The molecule has 108 valence electrons. The highest BCUT2D eigenvalue weighted by Crippen LogP contribution is 2.25. The van der Waals surface area contributed by atoms with Crippen molar-refractivity contribution in [3.05, 3.63) is 52.4 Å². The van der Waals surface area contributed by atoms with Crippen molar-refractivity contribution in [1.82, 2.24) is 5.32 Å². The number of furan rings is 1. The van der Waals surface area contributed by atoms with Crippen LogP contribution in [0.5, 0.6) is 5.75 Å². The molecule has 3 nitrogen and oxygen atoms in total. The van der Waals surface area contributed by atoms with Gasteiger partial charge in [0.15, 0.2) is 0 Å². The lowest BCUT2D eigenvalue weighted by Gasteiger charge is -2.06. The smallest absolute Gasteiger partial charge is 0.146 e. The van der Waals surface area contributed by atoms with Crippen molar-refractivity contribution >= 4 is 11.6 Å². The van der Waals surface area contributed by atoms with Gasteiger partial charge in [0.25, 0.3) is 0 Å². The molecule has 1 heterocycles. The molecule has 0 spiro atoms. The summed E-state index contributed by atoms with van der Waals surface area (Å²) in [4.78, 5) is 0. The van der Waals surface area contributed by atoms with Crippen LogP contribution in [0.15, 0.2) is 34.7 Å². The van der Waals surface area contributed by atoms with Gasteiger partial charge in [-0.2, -0.15) is 0 Å². The van der Waals surface area contributed by atoms with Gasteiger partial charge < -0.3 is 14.5 Å². The minimum absolute atomic E-state index is 0.381. The molecule has 1 aromatic carbocycles. The van der Waals surface area contributed by atoms with Gasteiger partial charge in [0.2, 0.25) is 0 Å². The normalized spacial score (nSPS) is 11.1. The fourth-order valence-electron chi connectivity index (χ4n) is 1.86. The van der Waals surface area contributed by atoms with Crippen LogP contribution in [0.1, 0.15) is 30.9 Å². The maximum atomic E-state index is 6.05. The molecule has 0 atom stereocenters. The fourth-order valence-corrected chi connectivity index (χ4v) is 2.05. The Morgan fingerprint density at radius 1 is 1.30 bits per heavy atom. The van der Waals surface area contributed by atoms with E-state index in [9.17, 15) is 0 Å². The van der Waals surface area contributed by atoms with Crippen molar-refractivity contribution < 1.29 is 9.15 Å². The van der Waals surface area contributed by atoms with E-state index in [4.69, 9.17) is 20.8 Å². The lowest BCUT2D eigenvalue weighted by Crippen LogP contribution is -2.21. The van der Waals surface area contributed by atoms with Crippen molar-refractivity contribution in [2.24, 2.45) is 0 Å². The van der Waals surface area contributed by atoms with Gasteiger partial charge in [-0.1, -0.05) is 37.6 Å². The fraction of sp³-hybridized carbons (Fsp3) is 0.375. The second-order valence-electron chi connectivity index (χ2n) is 5.05. The Bertz CT molecular complexity index is 563. The second-order valence-corrected chi connectivity index (χ2v) is 5.46. The molecule has 0 aliphatic rings. The monoisotopic (exact) mass is 293 g/mol. The number of rotatable bonds is 6. The number of para-hydroxylation sites is 1. The van der Waals surface area contributed by atoms with E-state index in [1.165, 1.54) is 0 Å². The third-order valence-corrected chi connectivity index (χ3v) is 3.29. The first-order valence-corrected chi connectivity index (χ1v) is 7.13. The summed E-state index contributed by atoms with van der Waals surface area (Å²) in [6, 6.07) is 9.91. The number of benzene rings is 1. The topological polar surface area (TPSA) is 34.4 Å². The van der Waals surface area contributed by atoms with Crippen molar-refractivity contribution in [3.63, 3.8) is 0 Å². The largest absolute Gasteiger partial charge is 0.484 e. The molecule has 1 aromatic heterocycles. The number of hydrogen-bond donors (Lipinski definition) is 1. The lowest BCUT2D eigenvalue weighted by atomic mass is 10.2. The molecular formula is C16H20ClNO2. The summed E-state index contributed by atoms with van der Waals surface area (Å²) in [5.41, 5.74) is 1.16. The molecule has 0 amide bonds. The minimum Gasteiger partial charge on any atom is -0.484 e. The van der Waals surface area contributed by atoms with E-state index in [0.717, 1.165) is 23.6 Å². The molecule has 0 bridgehead atoms. The summed E-state index contributed by atoms with van der Waals surface area (Å²) >= 11 is 6.05. The maximum Gasteiger partial charge on any atom is 0.146 e. The van der Waals surface area contributed by atoms with Crippen LogP contribution in [0, 0.1) is 6.92 Å². The highest BCUT2D eigenvalue weighted by molar-refractivity contribution is 6.32. The third kappa shape index (κ3) is 4.02. The Balaban J connectivity index is 1.97. The molecule has 2 rings (SSSR count). The van der Waals surface area contributed by atoms with Gasteiger partial charge >= 0.3 is 0 Å². The first kappa shape index (κ1) is 14.9. The Kier molecular flexibility index (Phi) is 5.10. The molecule has 2 aromatic rings. The quantitative estimate of drug-likeness (QED) is 0.861. The maximum absolute atomic E-state index is 6.05. The highest BCUT2D eigenvalue weighted by atomic mass is 35.5. The van der Waals surface area contributed by atoms with E-state index in [1.54, 1.807) is 0 Å². The summed E-state index contributed by atoms with van der Waals surface area (Å²) in [6.07, 6.45) is 0. The van der Waals surface area contributed by atoms with Crippen LogP contribution in [0.4, 0.5) is 0 Å². The van der Waals surface area contributed by atoms with Crippen LogP contribution >= 0.6 is 11.6 Å². The zero-order valence-electron chi connectivity index (χ0n) is 12.1. The van der Waals surface area contributed by atoms with Gasteiger partial charge in [-0.05, 0) is 25.1 Å². The third-order valence-electron chi connectivity index (χ3n) is 2.98. The average Bonchev–Trinajstić information content (AvgIpc) is 2.76. The standard InChI is InChI=1S/C16H20ClNO2/c1-11(2)18-9-13-8-14(20-12(13)3)10-19-16-7-5-4-6-15(16)17/h4-8,11,18H,9-10H2,1-3H3. The predicted molar refractivity (Wildman–Crippen MR) is 81.2 cm³/mol. The minimum atomic E-state index is 0.381.